The zero-order chi connectivity index (χ0) is 19.4. The topological polar surface area (TPSA) is 58.6 Å². The zero-order valence-electron chi connectivity index (χ0n) is 15.1. The van der Waals surface area contributed by atoms with Gasteiger partial charge in [-0.15, -0.1) is 0 Å². The first-order valence-corrected chi connectivity index (χ1v) is 9.76. The second kappa shape index (κ2) is 8.50. The number of nitrogens with one attached hydrogen (secondary N) is 1. The maximum absolute atomic E-state index is 13.3. The fourth-order valence-electron chi connectivity index (χ4n) is 3.55. The molecule has 1 fully saturated rings. The van der Waals surface area contributed by atoms with Gasteiger partial charge in [-0.1, -0.05) is 40.2 Å². The summed E-state index contributed by atoms with van der Waals surface area (Å²) < 4.78 is 20.6. The molecule has 1 aliphatic heterocycles. The van der Waals surface area contributed by atoms with Crippen molar-refractivity contribution >= 4 is 21.8 Å². The second-order valence-corrected chi connectivity index (χ2v) is 8.12. The van der Waals surface area contributed by atoms with E-state index >= 15 is 0 Å². The Morgan fingerprint density at radius 2 is 1.67 bits per heavy atom. The van der Waals surface area contributed by atoms with E-state index in [1.165, 1.54) is 12.1 Å². The number of ether oxygens (including phenoxy) is 1. The highest BCUT2D eigenvalue weighted by Gasteiger charge is 2.40. The summed E-state index contributed by atoms with van der Waals surface area (Å²) >= 11 is 3.44. The van der Waals surface area contributed by atoms with E-state index in [1.807, 2.05) is 31.2 Å². The maximum Gasteiger partial charge on any atom is 0.222 e. The van der Waals surface area contributed by atoms with E-state index in [0.29, 0.717) is 12.8 Å². The Hall–Kier alpha value is -1.76. The molecular formula is C21H23BrFNO3. The third kappa shape index (κ3) is 5.15. The second-order valence-electron chi connectivity index (χ2n) is 7.21. The standard InChI is InChI=1S/C21H23BrFNO3/c1-21(24-20(26)10-11-25)12-18(14-2-6-16(22)7-3-14)27-19(13-21)15-4-8-17(23)9-5-15/h2-9,18-19,25H,10-13H2,1H3,(H,24,26)/t18-,19+,21-/m1/s1. The van der Waals surface area contributed by atoms with Crippen molar-refractivity contribution in [3.05, 3.63) is 69.9 Å². The molecule has 0 saturated carbocycles. The van der Waals surface area contributed by atoms with Gasteiger partial charge in [-0.3, -0.25) is 4.79 Å². The van der Waals surface area contributed by atoms with Crippen LogP contribution in [0.1, 0.15) is 49.5 Å². The Labute approximate surface area is 166 Å². The molecule has 3 rings (SSSR count). The Morgan fingerprint density at radius 1 is 1.15 bits per heavy atom. The van der Waals surface area contributed by atoms with Gasteiger partial charge in [0.2, 0.25) is 5.91 Å². The van der Waals surface area contributed by atoms with Crippen LogP contribution < -0.4 is 5.32 Å². The van der Waals surface area contributed by atoms with Crippen molar-refractivity contribution in [2.45, 2.75) is 43.9 Å². The number of carbonyl (C=O) groups is 1. The summed E-state index contributed by atoms with van der Waals surface area (Å²) in [5, 5.41) is 12.1. The van der Waals surface area contributed by atoms with E-state index in [9.17, 15) is 9.18 Å². The van der Waals surface area contributed by atoms with Crippen LogP contribution in [0.5, 0.6) is 0 Å². The fourth-order valence-corrected chi connectivity index (χ4v) is 3.81. The van der Waals surface area contributed by atoms with Crippen molar-refractivity contribution in [3.8, 4) is 0 Å². The number of aliphatic hydroxyl groups is 1. The van der Waals surface area contributed by atoms with Crippen LogP contribution in [0.3, 0.4) is 0 Å². The summed E-state index contributed by atoms with van der Waals surface area (Å²) in [5.41, 5.74) is 1.40. The molecule has 2 N–H and O–H groups in total. The first kappa shape index (κ1) is 20.0. The lowest BCUT2D eigenvalue weighted by molar-refractivity contribution is -0.129. The predicted octanol–water partition coefficient (Wildman–Crippen LogP) is 4.44. The molecule has 27 heavy (non-hydrogen) atoms. The highest BCUT2D eigenvalue weighted by Crippen LogP contribution is 2.43. The molecule has 1 aliphatic rings. The van der Waals surface area contributed by atoms with Gasteiger partial charge in [0.05, 0.1) is 18.8 Å². The van der Waals surface area contributed by atoms with E-state index in [1.54, 1.807) is 12.1 Å². The van der Waals surface area contributed by atoms with Crippen LogP contribution in [0, 0.1) is 5.82 Å². The largest absolute Gasteiger partial charge is 0.396 e. The summed E-state index contributed by atoms with van der Waals surface area (Å²) in [6.07, 6.45) is 0.779. The lowest BCUT2D eigenvalue weighted by Gasteiger charge is -2.43. The number of halogens is 2. The Balaban J connectivity index is 1.88. The third-order valence-corrected chi connectivity index (χ3v) is 5.39. The molecule has 0 aromatic heterocycles. The molecule has 1 heterocycles. The smallest absolute Gasteiger partial charge is 0.222 e. The average molecular weight is 436 g/mol. The summed E-state index contributed by atoms with van der Waals surface area (Å²) in [5.74, 6) is -0.479. The minimum atomic E-state index is -0.499. The number of rotatable bonds is 5. The van der Waals surface area contributed by atoms with E-state index in [0.717, 1.165) is 15.6 Å². The number of amides is 1. The van der Waals surface area contributed by atoms with Crippen molar-refractivity contribution in [2.75, 3.05) is 6.61 Å². The van der Waals surface area contributed by atoms with Gasteiger partial charge in [0.15, 0.2) is 0 Å². The monoisotopic (exact) mass is 435 g/mol. The van der Waals surface area contributed by atoms with E-state index in [-0.39, 0.29) is 37.0 Å². The van der Waals surface area contributed by atoms with Crippen LogP contribution in [0.25, 0.3) is 0 Å². The number of hydrogen-bond acceptors (Lipinski definition) is 3. The molecule has 6 heteroatoms. The summed E-state index contributed by atoms with van der Waals surface area (Å²) in [6, 6.07) is 14.2. The highest BCUT2D eigenvalue weighted by atomic mass is 79.9. The van der Waals surface area contributed by atoms with Gasteiger partial charge in [-0.25, -0.2) is 4.39 Å². The quantitative estimate of drug-likeness (QED) is 0.729. The SMILES string of the molecule is C[C@]1(NC(=O)CCO)C[C@@H](c2ccc(F)cc2)O[C@@H](c2ccc(Br)cc2)C1. The van der Waals surface area contributed by atoms with Crippen LogP contribution in [-0.4, -0.2) is 23.2 Å². The van der Waals surface area contributed by atoms with Crippen molar-refractivity contribution in [1.29, 1.82) is 0 Å². The third-order valence-electron chi connectivity index (χ3n) is 4.86. The minimum absolute atomic E-state index is 0.0701. The van der Waals surface area contributed by atoms with E-state index < -0.39 is 5.54 Å². The highest BCUT2D eigenvalue weighted by molar-refractivity contribution is 9.10. The van der Waals surface area contributed by atoms with E-state index in [4.69, 9.17) is 9.84 Å². The minimum Gasteiger partial charge on any atom is -0.396 e. The van der Waals surface area contributed by atoms with Crippen LogP contribution in [0.15, 0.2) is 53.0 Å². The van der Waals surface area contributed by atoms with E-state index in [2.05, 4.69) is 21.2 Å². The average Bonchev–Trinajstić information content (AvgIpc) is 2.62. The zero-order valence-corrected chi connectivity index (χ0v) is 16.7. The molecular weight excluding hydrogens is 413 g/mol. The molecule has 1 amide bonds. The predicted molar refractivity (Wildman–Crippen MR) is 105 cm³/mol. The summed E-state index contributed by atoms with van der Waals surface area (Å²) in [6.45, 7) is 1.81. The number of benzene rings is 2. The lowest BCUT2D eigenvalue weighted by atomic mass is 9.81. The van der Waals surface area contributed by atoms with Crippen LogP contribution in [0.2, 0.25) is 0 Å². The van der Waals surface area contributed by atoms with Crippen molar-refractivity contribution in [1.82, 2.24) is 5.32 Å². The Morgan fingerprint density at radius 3 is 2.19 bits per heavy atom. The van der Waals surface area contributed by atoms with Crippen molar-refractivity contribution in [2.24, 2.45) is 0 Å². The van der Waals surface area contributed by atoms with Gasteiger partial charge in [-0.05, 0) is 42.3 Å². The number of aliphatic hydroxyl groups excluding tert-OH is 1. The van der Waals surface area contributed by atoms with Gasteiger partial charge in [0, 0.05) is 29.3 Å². The number of hydrogen-bond donors (Lipinski definition) is 2. The number of carbonyl (C=O) groups excluding carboxylic acids is 1. The molecule has 0 spiro atoms. The fraction of sp³-hybridized carbons (Fsp3) is 0.381. The first-order valence-electron chi connectivity index (χ1n) is 8.97. The summed E-state index contributed by atoms with van der Waals surface area (Å²) in [4.78, 5) is 12.1. The molecule has 4 nitrogen and oxygen atoms in total. The lowest BCUT2D eigenvalue weighted by Crippen LogP contribution is -2.51. The molecule has 0 radical (unpaired) electrons. The molecule has 0 unspecified atom stereocenters. The molecule has 3 atom stereocenters. The van der Waals surface area contributed by atoms with Gasteiger partial charge >= 0.3 is 0 Å². The molecule has 1 saturated heterocycles. The van der Waals surface area contributed by atoms with Gasteiger partial charge in [0.1, 0.15) is 5.82 Å². The normalized spacial score (nSPS) is 25.2. The molecule has 2 aromatic carbocycles. The van der Waals surface area contributed by atoms with Gasteiger partial charge < -0.3 is 15.2 Å². The van der Waals surface area contributed by atoms with Gasteiger partial charge in [0.25, 0.3) is 0 Å². The molecule has 0 bridgehead atoms. The molecule has 0 aliphatic carbocycles. The van der Waals surface area contributed by atoms with Gasteiger partial charge in [-0.2, -0.15) is 0 Å². The van der Waals surface area contributed by atoms with Crippen molar-refractivity contribution in [3.63, 3.8) is 0 Å². The maximum atomic E-state index is 13.3. The van der Waals surface area contributed by atoms with Crippen LogP contribution in [0.4, 0.5) is 4.39 Å². The molecule has 2 aromatic rings. The van der Waals surface area contributed by atoms with Crippen molar-refractivity contribution < 1.29 is 19.0 Å². The molecule has 144 valence electrons. The van der Waals surface area contributed by atoms with Crippen LogP contribution >= 0.6 is 15.9 Å². The summed E-state index contributed by atoms with van der Waals surface area (Å²) in [7, 11) is 0. The first-order chi connectivity index (χ1) is 12.9. The van der Waals surface area contributed by atoms with Crippen LogP contribution in [-0.2, 0) is 9.53 Å². The Kier molecular flexibility index (Phi) is 6.29. The Bertz CT molecular complexity index is 726.